The molecule has 4 saturated carbocycles. The van der Waals surface area contributed by atoms with Gasteiger partial charge in [0.15, 0.2) is 0 Å². The second-order valence-corrected chi connectivity index (χ2v) is 9.15. The molecule has 128 valence electrons. The average molecular weight is 437 g/mol. The molecule has 1 aromatic carbocycles. The number of halogens is 1. The van der Waals surface area contributed by atoms with Crippen LogP contribution in [0.2, 0.25) is 0 Å². The van der Waals surface area contributed by atoms with Crippen LogP contribution in [-0.2, 0) is 4.79 Å². The summed E-state index contributed by atoms with van der Waals surface area (Å²) in [4.78, 5) is 19.5. The summed E-state index contributed by atoms with van der Waals surface area (Å²) in [5, 5.41) is 0. The number of hydrogen-bond acceptors (Lipinski definition) is 2. The summed E-state index contributed by atoms with van der Waals surface area (Å²) in [5.41, 5.74) is 6.79. The van der Waals surface area contributed by atoms with Crippen molar-refractivity contribution in [2.75, 3.05) is 11.9 Å². The lowest BCUT2D eigenvalue weighted by Crippen LogP contribution is -2.57. The molecule has 1 amide bonds. The number of nitrogens with two attached hydrogens (primary N) is 1. The Kier molecular flexibility index (Phi) is 4.09. The van der Waals surface area contributed by atoms with Crippen LogP contribution in [0.4, 0.5) is 5.69 Å². The minimum absolute atomic E-state index is 0.173. The normalized spacial score (nSPS) is 34.4. The molecule has 0 atom stereocenters. The zero-order valence-electron chi connectivity index (χ0n) is 14.0. The molecule has 4 nitrogen and oxygen atoms in total. The monoisotopic (exact) mass is 437 g/mol. The number of benzene rings is 1. The van der Waals surface area contributed by atoms with Gasteiger partial charge < -0.3 is 5.73 Å². The summed E-state index contributed by atoms with van der Waals surface area (Å²) in [7, 11) is 1.66. The van der Waals surface area contributed by atoms with Gasteiger partial charge in [-0.15, -0.1) is 0 Å². The zero-order chi connectivity index (χ0) is 16.9. The van der Waals surface area contributed by atoms with Gasteiger partial charge in [0.25, 0.3) is 0 Å². The average Bonchev–Trinajstić information content (AvgIpc) is 2.53. The van der Waals surface area contributed by atoms with Crippen molar-refractivity contribution in [2.45, 2.75) is 38.5 Å². The maximum absolute atomic E-state index is 13.7. The van der Waals surface area contributed by atoms with Gasteiger partial charge in [0.05, 0.1) is 11.1 Å². The van der Waals surface area contributed by atoms with E-state index in [1.807, 2.05) is 24.3 Å². The molecular formula is C19H24IN3O. The van der Waals surface area contributed by atoms with E-state index in [9.17, 15) is 4.79 Å². The van der Waals surface area contributed by atoms with E-state index in [2.05, 4.69) is 27.6 Å². The Labute approximate surface area is 157 Å². The predicted octanol–water partition coefficient (Wildman–Crippen LogP) is 3.79. The van der Waals surface area contributed by atoms with Crippen molar-refractivity contribution in [1.82, 2.24) is 0 Å². The molecule has 4 aliphatic rings. The quantitative estimate of drug-likeness (QED) is 0.435. The Morgan fingerprint density at radius 2 is 1.79 bits per heavy atom. The second kappa shape index (κ2) is 6.00. The number of guanidine groups is 1. The lowest BCUT2D eigenvalue weighted by molar-refractivity contribution is -0.142. The van der Waals surface area contributed by atoms with Crippen LogP contribution < -0.4 is 10.6 Å². The first-order valence-electron chi connectivity index (χ1n) is 8.83. The Bertz CT molecular complexity index is 664. The molecule has 1 aromatic rings. The van der Waals surface area contributed by atoms with Crippen molar-refractivity contribution < 1.29 is 4.79 Å². The predicted molar refractivity (Wildman–Crippen MR) is 105 cm³/mol. The van der Waals surface area contributed by atoms with Crippen molar-refractivity contribution in [3.05, 3.63) is 27.8 Å². The Hall–Kier alpha value is -1.11. The van der Waals surface area contributed by atoms with Crippen LogP contribution in [0.1, 0.15) is 38.5 Å². The number of nitrogens with zero attached hydrogens (tertiary/aromatic N) is 2. The highest BCUT2D eigenvalue weighted by molar-refractivity contribution is 14.1. The molecule has 0 aromatic heterocycles. The first-order chi connectivity index (χ1) is 11.5. The highest BCUT2D eigenvalue weighted by Crippen LogP contribution is 2.60. The van der Waals surface area contributed by atoms with Crippen molar-refractivity contribution in [2.24, 2.45) is 33.9 Å². The molecule has 0 unspecified atom stereocenters. The third-order valence-corrected chi connectivity index (χ3v) is 6.89. The minimum Gasteiger partial charge on any atom is -0.369 e. The van der Waals surface area contributed by atoms with E-state index >= 15 is 0 Å². The summed E-state index contributed by atoms with van der Waals surface area (Å²) in [6, 6.07) is 7.96. The molecular weight excluding hydrogens is 413 g/mol. The SMILES string of the molecule is CN=C(N)N(C(=O)C12CC3CC(CC(C3)C1)C2)c1cccc(I)c1. The number of anilines is 1. The maximum atomic E-state index is 13.7. The van der Waals surface area contributed by atoms with Gasteiger partial charge in [0, 0.05) is 10.6 Å². The molecule has 2 N–H and O–H groups in total. The standard InChI is InChI=1S/C19H24IN3O/c1-22-18(21)23(16-4-2-3-15(20)8-16)17(24)19-9-12-5-13(10-19)7-14(6-12)11-19/h2-4,8,12-14H,5-7,9-11H2,1H3,(H2,21,22). The highest BCUT2D eigenvalue weighted by atomic mass is 127. The summed E-state index contributed by atoms with van der Waals surface area (Å²) in [6.45, 7) is 0. The molecule has 4 bridgehead atoms. The number of rotatable bonds is 2. The Morgan fingerprint density at radius 1 is 1.21 bits per heavy atom. The molecule has 4 fully saturated rings. The van der Waals surface area contributed by atoms with Gasteiger partial charge in [0.2, 0.25) is 11.9 Å². The van der Waals surface area contributed by atoms with E-state index in [1.165, 1.54) is 19.3 Å². The molecule has 0 heterocycles. The minimum atomic E-state index is -0.217. The summed E-state index contributed by atoms with van der Waals surface area (Å²) >= 11 is 2.27. The topological polar surface area (TPSA) is 58.7 Å². The lowest BCUT2D eigenvalue weighted by atomic mass is 9.49. The van der Waals surface area contributed by atoms with Crippen LogP contribution in [0.25, 0.3) is 0 Å². The van der Waals surface area contributed by atoms with E-state index in [1.54, 1.807) is 11.9 Å². The number of hydrogen-bond donors (Lipinski definition) is 1. The van der Waals surface area contributed by atoms with Gasteiger partial charge in [-0.25, -0.2) is 0 Å². The number of amides is 1. The van der Waals surface area contributed by atoms with E-state index in [4.69, 9.17) is 5.73 Å². The third-order valence-electron chi connectivity index (χ3n) is 6.22. The fourth-order valence-electron chi connectivity index (χ4n) is 5.68. The van der Waals surface area contributed by atoms with Crippen LogP contribution in [-0.4, -0.2) is 18.9 Å². The molecule has 0 radical (unpaired) electrons. The van der Waals surface area contributed by atoms with E-state index in [0.717, 1.165) is 46.3 Å². The van der Waals surface area contributed by atoms with Crippen molar-refractivity contribution in [3.8, 4) is 0 Å². The van der Waals surface area contributed by atoms with Gasteiger partial charge in [-0.1, -0.05) is 6.07 Å². The van der Waals surface area contributed by atoms with Crippen molar-refractivity contribution in [3.63, 3.8) is 0 Å². The second-order valence-electron chi connectivity index (χ2n) is 7.90. The molecule has 0 saturated heterocycles. The van der Waals surface area contributed by atoms with Crippen LogP contribution in [0, 0.1) is 26.7 Å². The fraction of sp³-hybridized carbons (Fsp3) is 0.579. The summed E-state index contributed by atoms with van der Waals surface area (Å²) < 4.78 is 1.09. The summed E-state index contributed by atoms with van der Waals surface area (Å²) in [5.74, 6) is 2.68. The van der Waals surface area contributed by atoms with Gasteiger partial charge >= 0.3 is 0 Å². The van der Waals surface area contributed by atoms with Crippen LogP contribution >= 0.6 is 22.6 Å². The largest absolute Gasteiger partial charge is 0.369 e. The molecule has 5 rings (SSSR count). The number of aliphatic imine (C=N–C) groups is 1. The van der Waals surface area contributed by atoms with E-state index in [0.29, 0.717) is 5.96 Å². The molecule has 4 aliphatic carbocycles. The van der Waals surface area contributed by atoms with Crippen LogP contribution in [0.15, 0.2) is 29.3 Å². The third kappa shape index (κ3) is 2.65. The van der Waals surface area contributed by atoms with Gasteiger partial charge in [-0.3, -0.25) is 14.7 Å². The Balaban J connectivity index is 1.72. The number of carbonyl (C=O) groups is 1. The number of carbonyl (C=O) groups excluding carboxylic acids is 1. The van der Waals surface area contributed by atoms with Crippen LogP contribution in [0.5, 0.6) is 0 Å². The van der Waals surface area contributed by atoms with Crippen molar-refractivity contribution >= 4 is 40.1 Å². The molecule has 0 spiro atoms. The molecule has 5 heteroatoms. The zero-order valence-corrected chi connectivity index (χ0v) is 16.2. The van der Waals surface area contributed by atoms with Crippen LogP contribution in [0.3, 0.4) is 0 Å². The van der Waals surface area contributed by atoms with Gasteiger partial charge in [0.1, 0.15) is 0 Å². The highest BCUT2D eigenvalue weighted by Gasteiger charge is 2.56. The summed E-state index contributed by atoms with van der Waals surface area (Å²) in [6.07, 6.45) is 7.09. The smallest absolute Gasteiger partial charge is 0.240 e. The lowest BCUT2D eigenvalue weighted by Gasteiger charge is -2.56. The fourth-order valence-corrected chi connectivity index (χ4v) is 6.21. The Morgan fingerprint density at radius 3 is 2.29 bits per heavy atom. The molecule has 0 aliphatic heterocycles. The van der Waals surface area contributed by atoms with Gasteiger partial charge in [-0.05, 0) is 97.1 Å². The molecule has 24 heavy (non-hydrogen) atoms. The maximum Gasteiger partial charge on any atom is 0.240 e. The van der Waals surface area contributed by atoms with Crippen molar-refractivity contribution in [1.29, 1.82) is 0 Å². The van der Waals surface area contributed by atoms with Gasteiger partial charge in [-0.2, -0.15) is 0 Å². The van der Waals surface area contributed by atoms with E-state index < -0.39 is 0 Å². The first kappa shape index (κ1) is 16.4. The first-order valence-corrected chi connectivity index (χ1v) is 9.91. The van der Waals surface area contributed by atoms with E-state index in [-0.39, 0.29) is 11.3 Å².